The van der Waals surface area contributed by atoms with Crippen molar-refractivity contribution in [2.75, 3.05) is 0 Å². The molecule has 0 saturated heterocycles. The largest absolute Gasteiger partial charge is 0.207 e. The van der Waals surface area contributed by atoms with Gasteiger partial charge in [-0.1, -0.05) is 13.8 Å². The van der Waals surface area contributed by atoms with Crippen molar-refractivity contribution in [2.24, 2.45) is 11.8 Å². The van der Waals surface area contributed by atoms with Gasteiger partial charge in [-0.3, -0.25) is 0 Å². The Bertz CT molecular complexity index is 447. The third-order valence-electron chi connectivity index (χ3n) is 4.60. The van der Waals surface area contributed by atoms with Crippen LogP contribution in [-0.2, 0) is 25.7 Å². The van der Waals surface area contributed by atoms with E-state index in [1.807, 2.05) is 6.07 Å². The van der Waals surface area contributed by atoms with Gasteiger partial charge in [0.05, 0.1) is 0 Å². The molecule has 0 bridgehead atoms. The molecule has 3 rings (SSSR count). The van der Waals surface area contributed by atoms with Crippen molar-refractivity contribution in [1.82, 2.24) is 0 Å². The average molecular weight is 232 g/mol. The van der Waals surface area contributed by atoms with Crippen LogP contribution in [0.1, 0.15) is 48.9 Å². The third kappa shape index (κ3) is 1.90. The van der Waals surface area contributed by atoms with Crippen molar-refractivity contribution < 1.29 is 4.39 Å². The van der Waals surface area contributed by atoms with Crippen LogP contribution in [0.4, 0.5) is 4.39 Å². The fraction of sp³-hybridized carbons (Fsp3) is 0.625. The van der Waals surface area contributed by atoms with Crippen LogP contribution in [0.15, 0.2) is 6.07 Å². The van der Waals surface area contributed by atoms with Gasteiger partial charge < -0.3 is 0 Å². The molecule has 2 aliphatic rings. The Labute approximate surface area is 103 Å². The van der Waals surface area contributed by atoms with E-state index in [9.17, 15) is 4.39 Å². The molecule has 0 fully saturated rings. The summed E-state index contributed by atoms with van der Waals surface area (Å²) in [6.45, 7) is 4.52. The van der Waals surface area contributed by atoms with Crippen LogP contribution in [0.25, 0.3) is 0 Å². The highest BCUT2D eigenvalue weighted by molar-refractivity contribution is 5.45. The van der Waals surface area contributed by atoms with Gasteiger partial charge in [0, 0.05) is 0 Å². The number of rotatable bonds is 0. The van der Waals surface area contributed by atoms with E-state index in [0.717, 1.165) is 30.7 Å². The lowest BCUT2D eigenvalue weighted by Gasteiger charge is -2.30. The van der Waals surface area contributed by atoms with Crippen LogP contribution < -0.4 is 0 Å². The van der Waals surface area contributed by atoms with E-state index < -0.39 is 0 Å². The summed E-state index contributed by atoms with van der Waals surface area (Å²) in [4.78, 5) is 0. The van der Waals surface area contributed by atoms with E-state index in [1.54, 1.807) is 0 Å². The zero-order valence-corrected chi connectivity index (χ0v) is 10.9. The molecule has 1 heteroatoms. The van der Waals surface area contributed by atoms with Crippen LogP contribution in [0, 0.1) is 17.7 Å². The molecular weight excluding hydrogens is 211 g/mol. The van der Waals surface area contributed by atoms with Crippen LogP contribution in [-0.4, -0.2) is 0 Å². The number of halogens is 1. The van der Waals surface area contributed by atoms with Crippen molar-refractivity contribution in [2.45, 2.75) is 52.4 Å². The first-order chi connectivity index (χ1) is 8.15. The van der Waals surface area contributed by atoms with E-state index in [4.69, 9.17) is 0 Å². The van der Waals surface area contributed by atoms with Gasteiger partial charge >= 0.3 is 0 Å². The van der Waals surface area contributed by atoms with Crippen LogP contribution in [0.2, 0.25) is 0 Å². The fourth-order valence-electron chi connectivity index (χ4n) is 3.57. The zero-order valence-electron chi connectivity index (χ0n) is 10.9. The fourth-order valence-corrected chi connectivity index (χ4v) is 3.57. The molecule has 0 saturated carbocycles. The summed E-state index contributed by atoms with van der Waals surface area (Å²) < 4.78 is 14.2. The molecule has 0 N–H and O–H groups in total. The van der Waals surface area contributed by atoms with Gasteiger partial charge in [-0.25, -0.2) is 4.39 Å². The van der Waals surface area contributed by atoms with Crippen molar-refractivity contribution in [3.8, 4) is 0 Å². The normalized spacial score (nSPS) is 27.5. The lowest BCUT2D eigenvalue weighted by molar-refractivity contribution is 0.457. The molecule has 0 amide bonds. The summed E-state index contributed by atoms with van der Waals surface area (Å²) in [6.07, 6.45) is 6.82. The average Bonchev–Trinajstić information content (AvgIpc) is 2.29. The quantitative estimate of drug-likeness (QED) is 0.632. The van der Waals surface area contributed by atoms with Gasteiger partial charge in [0.15, 0.2) is 0 Å². The molecule has 92 valence electrons. The van der Waals surface area contributed by atoms with E-state index in [1.165, 1.54) is 36.0 Å². The molecule has 2 atom stereocenters. The Morgan fingerprint density at radius 1 is 0.941 bits per heavy atom. The second-order valence-electron chi connectivity index (χ2n) is 6.15. The predicted octanol–water partition coefficient (Wildman–Crippen LogP) is 4.08. The molecule has 2 aliphatic carbocycles. The number of hydrogen-bond acceptors (Lipinski definition) is 0. The molecule has 0 aromatic heterocycles. The first kappa shape index (κ1) is 11.3. The molecule has 0 radical (unpaired) electrons. The zero-order chi connectivity index (χ0) is 12.0. The third-order valence-corrected chi connectivity index (χ3v) is 4.60. The highest BCUT2D eigenvalue weighted by atomic mass is 19.1. The number of hydrogen-bond donors (Lipinski definition) is 0. The van der Waals surface area contributed by atoms with Crippen LogP contribution in [0.3, 0.4) is 0 Å². The van der Waals surface area contributed by atoms with Gasteiger partial charge in [0.2, 0.25) is 0 Å². The van der Waals surface area contributed by atoms with Crippen molar-refractivity contribution >= 4 is 0 Å². The molecule has 0 nitrogen and oxygen atoms in total. The van der Waals surface area contributed by atoms with E-state index >= 15 is 0 Å². The van der Waals surface area contributed by atoms with Gasteiger partial charge in [-0.15, -0.1) is 0 Å². The molecule has 0 aliphatic heterocycles. The molecule has 2 unspecified atom stereocenters. The van der Waals surface area contributed by atoms with Crippen LogP contribution >= 0.6 is 0 Å². The van der Waals surface area contributed by atoms with Crippen molar-refractivity contribution in [3.63, 3.8) is 0 Å². The van der Waals surface area contributed by atoms with Crippen LogP contribution in [0.5, 0.6) is 0 Å². The smallest absolute Gasteiger partial charge is 0.126 e. The van der Waals surface area contributed by atoms with E-state index in [0.29, 0.717) is 5.92 Å². The first-order valence-electron chi connectivity index (χ1n) is 6.97. The molecule has 17 heavy (non-hydrogen) atoms. The Kier molecular flexibility index (Phi) is 2.72. The standard InChI is InChI=1S/C16H21F/c1-10-3-5-13-12(7-10)9-16(17)15-8-11(2)4-6-14(13)15/h9-11H,3-8H2,1-2H3. The summed E-state index contributed by atoms with van der Waals surface area (Å²) in [5.74, 6) is 1.44. The minimum atomic E-state index is 0.0689. The highest BCUT2D eigenvalue weighted by Gasteiger charge is 2.26. The molecule has 0 heterocycles. The monoisotopic (exact) mass is 232 g/mol. The Balaban J connectivity index is 2.10. The highest BCUT2D eigenvalue weighted by Crippen LogP contribution is 2.36. The van der Waals surface area contributed by atoms with Gasteiger partial charge in [-0.05, 0) is 78.7 Å². The lowest BCUT2D eigenvalue weighted by Crippen LogP contribution is -2.20. The molecule has 1 aromatic carbocycles. The summed E-state index contributed by atoms with van der Waals surface area (Å²) in [7, 11) is 0. The van der Waals surface area contributed by atoms with E-state index in [2.05, 4.69) is 13.8 Å². The summed E-state index contributed by atoms with van der Waals surface area (Å²) >= 11 is 0. The number of fused-ring (bicyclic) bond motifs is 3. The predicted molar refractivity (Wildman–Crippen MR) is 68.8 cm³/mol. The lowest BCUT2D eigenvalue weighted by atomic mass is 9.75. The second-order valence-corrected chi connectivity index (χ2v) is 6.15. The molecule has 0 spiro atoms. The Morgan fingerprint density at radius 2 is 1.59 bits per heavy atom. The van der Waals surface area contributed by atoms with Crippen molar-refractivity contribution in [1.29, 1.82) is 0 Å². The summed E-state index contributed by atoms with van der Waals surface area (Å²) in [5, 5.41) is 0. The number of benzene rings is 1. The van der Waals surface area contributed by atoms with Gasteiger partial charge in [0.25, 0.3) is 0 Å². The maximum absolute atomic E-state index is 14.2. The maximum Gasteiger partial charge on any atom is 0.126 e. The topological polar surface area (TPSA) is 0 Å². The molecular formula is C16H21F. The minimum Gasteiger partial charge on any atom is -0.207 e. The van der Waals surface area contributed by atoms with Gasteiger partial charge in [-0.2, -0.15) is 0 Å². The second kappa shape index (κ2) is 4.12. The first-order valence-corrected chi connectivity index (χ1v) is 6.97. The Hall–Kier alpha value is -0.850. The summed E-state index contributed by atoms with van der Waals surface area (Å²) in [6, 6.07) is 1.84. The minimum absolute atomic E-state index is 0.0689. The summed E-state index contributed by atoms with van der Waals surface area (Å²) in [5.41, 5.74) is 5.23. The maximum atomic E-state index is 14.2. The van der Waals surface area contributed by atoms with Gasteiger partial charge in [0.1, 0.15) is 5.82 Å². The SMILES string of the molecule is CC1CCc2c(cc(F)c3c2CCC(C)C3)C1. The molecule has 1 aromatic rings. The van der Waals surface area contributed by atoms with Crippen molar-refractivity contribution in [3.05, 3.63) is 34.1 Å². The van der Waals surface area contributed by atoms with E-state index in [-0.39, 0.29) is 5.82 Å². The Morgan fingerprint density at radius 3 is 2.35 bits per heavy atom.